The van der Waals surface area contributed by atoms with Gasteiger partial charge in [-0.2, -0.15) is 0 Å². The SMILES string of the molecule is Cc1nc(C[C@@H]2CCCN(C(=O)c3ccccc3)C2)cc(C(=O)N(C)C)n1. The average molecular weight is 366 g/mol. The van der Waals surface area contributed by atoms with Crippen LogP contribution in [0.3, 0.4) is 0 Å². The van der Waals surface area contributed by atoms with Gasteiger partial charge in [0, 0.05) is 38.4 Å². The van der Waals surface area contributed by atoms with Gasteiger partial charge in [0.25, 0.3) is 11.8 Å². The van der Waals surface area contributed by atoms with Crippen LogP contribution in [0, 0.1) is 12.8 Å². The molecule has 2 aromatic rings. The van der Waals surface area contributed by atoms with Crippen LogP contribution < -0.4 is 0 Å². The molecule has 0 saturated carbocycles. The van der Waals surface area contributed by atoms with E-state index in [9.17, 15) is 9.59 Å². The van der Waals surface area contributed by atoms with Gasteiger partial charge in [0.2, 0.25) is 0 Å². The summed E-state index contributed by atoms with van der Waals surface area (Å²) in [5.74, 6) is 0.905. The normalized spacial score (nSPS) is 16.9. The first-order valence-corrected chi connectivity index (χ1v) is 9.34. The molecule has 142 valence electrons. The van der Waals surface area contributed by atoms with Crippen molar-refractivity contribution in [3.8, 4) is 0 Å². The van der Waals surface area contributed by atoms with Crippen LogP contribution in [-0.4, -0.2) is 58.8 Å². The maximum atomic E-state index is 12.7. The summed E-state index contributed by atoms with van der Waals surface area (Å²) in [6, 6.07) is 11.2. The second-order valence-corrected chi connectivity index (χ2v) is 7.32. The molecule has 0 unspecified atom stereocenters. The molecule has 0 N–H and O–H groups in total. The van der Waals surface area contributed by atoms with Gasteiger partial charge in [-0.1, -0.05) is 18.2 Å². The third-order valence-corrected chi connectivity index (χ3v) is 4.84. The monoisotopic (exact) mass is 366 g/mol. The summed E-state index contributed by atoms with van der Waals surface area (Å²) in [7, 11) is 3.43. The number of rotatable bonds is 4. The summed E-state index contributed by atoms with van der Waals surface area (Å²) in [5.41, 5.74) is 2.03. The number of piperidine rings is 1. The van der Waals surface area contributed by atoms with Crippen molar-refractivity contribution in [2.24, 2.45) is 5.92 Å². The number of carbonyl (C=O) groups excluding carboxylic acids is 2. The Morgan fingerprint density at radius 2 is 1.93 bits per heavy atom. The number of amides is 2. The minimum atomic E-state index is -0.119. The van der Waals surface area contributed by atoms with Crippen molar-refractivity contribution in [3.63, 3.8) is 0 Å². The van der Waals surface area contributed by atoms with E-state index in [4.69, 9.17) is 0 Å². The van der Waals surface area contributed by atoms with E-state index in [-0.39, 0.29) is 11.8 Å². The number of hydrogen-bond donors (Lipinski definition) is 0. The molecule has 1 atom stereocenters. The van der Waals surface area contributed by atoms with E-state index >= 15 is 0 Å². The summed E-state index contributed by atoms with van der Waals surface area (Å²) in [6.07, 6.45) is 2.78. The third-order valence-electron chi connectivity index (χ3n) is 4.84. The molecule has 3 rings (SSSR count). The summed E-state index contributed by atoms with van der Waals surface area (Å²) >= 11 is 0. The Hall–Kier alpha value is -2.76. The van der Waals surface area contributed by atoms with Gasteiger partial charge in [-0.3, -0.25) is 9.59 Å². The third kappa shape index (κ3) is 4.70. The molecule has 2 heterocycles. The topological polar surface area (TPSA) is 66.4 Å². The Bertz CT molecular complexity index is 820. The van der Waals surface area contributed by atoms with Crippen molar-refractivity contribution in [1.29, 1.82) is 0 Å². The van der Waals surface area contributed by atoms with Crippen molar-refractivity contribution in [3.05, 3.63) is 59.2 Å². The van der Waals surface area contributed by atoms with E-state index in [1.807, 2.05) is 42.2 Å². The first kappa shape index (κ1) is 19.0. The van der Waals surface area contributed by atoms with Crippen molar-refractivity contribution in [2.75, 3.05) is 27.2 Å². The van der Waals surface area contributed by atoms with E-state index in [1.165, 1.54) is 4.90 Å². The number of carbonyl (C=O) groups is 2. The van der Waals surface area contributed by atoms with E-state index in [0.29, 0.717) is 24.0 Å². The average Bonchev–Trinajstić information content (AvgIpc) is 2.67. The van der Waals surface area contributed by atoms with Crippen LogP contribution in [0.5, 0.6) is 0 Å². The Morgan fingerprint density at radius 1 is 1.19 bits per heavy atom. The molecule has 0 aliphatic carbocycles. The predicted molar refractivity (Wildman–Crippen MR) is 104 cm³/mol. The molecule has 1 aliphatic rings. The molecule has 0 spiro atoms. The highest BCUT2D eigenvalue weighted by molar-refractivity contribution is 5.94. The number of hydrogen-bond acceptors (Lipinski definition) is 4. The molecular formula is C21H26N4O2. The summed E-state index contributed by atoms with van der Waals surface area (Å²) in [5, 5.41) is 0. The Labute approximate surface area is 160 Å². The highest BCUT2D eigenvalue weighted by Crippen LogP contribution is 2.22. The van der Waals surface area contributed by atoms with Crippen molar-refractivity contribution >= 4 is 11.8 Å². The van der Waals surface area contributed by atoms with Gasteiger partial charge < -0.3 is 9.80 Å². The first-order valence-electron chi connectivity index (χ1n) is 9.34. The quantitative estimate of drug-likeness (QED) is 0.834. The largest absolute Gasteiger partial charge is 0.343 e. The smallest absolute Gasteiger partial charge is 0.272 e. The fourth-order valence-corrected chi connectivity index (χ4v) is 3.55. The summed E-state index contributed by atoms with van der Waals surface area (Å²) in [6.45, 7) is 3.31. The van der Waals surface area contributed by atoms with Gasteiger partial charge in [0.15, 0.2) is 0 Å². The van der Waals surface area contributed by atoms with Gasteiger partial charge in [0.1, 0.15) is 11.5 Å². The second-order valence-electron chi connectivity index (χ2n) is 7.32. The zero-order valence-corrected chi connectivity index (χ0v) is 16.2. The van der Waals surface area contributed by atoms with Gasteiger partial charge >= 0.3 is 0 Å². The van der Waals surface area contributed by atoms with Crippen molar-refractivity contribution in [1.82, 2.24) is 19.8 Å². The van der Waals surface area contributed by atoms with Gasteiger partial charge in [-0.05, 0) is 50.3 Å². The fraction of sp³-hybridized carbons (Fsp3) is 0.429. The molecule has 1 aromatic heterocycles. The molecule has 1 saturated heterocycles. The molecule has 1 fully saturated rings. The number of benzene rings is 1. The standard InChI is InChI=1S/C21H26N4O2/c1-15-22-18(13-19(23-15)21(27)24(2)3)12-16-8-7-11-25(14-16)20(26)17-9-5-4-6-10-17/h4-6,9-10,13,16H,7-8,11-12,14H2,1-3H3/t16-/m0/s1. The van der Waals surface area contributed by atoms with Gasteiger partial charge in [-0.15, -0.1) is 0 Å². The van der Waals surface area contributed by atoms with Crippen LogP contribution in [0.2, 0.25) is 0 Å². The Balaban J connectivity index is 1.71. The van der Waals surface area contributed by atoms with Crippen LogP contribution in [0.25, 0.3) is 0 Å². The second kappa shape index (κ2) is 8.29. The number of aryl methyl sites for hydroxylation is 1. The Kier molecular flexibility index (Phi) is 5.84. The molecule has 1 aromatic carbocycles. The Morgan fingerprint density at radius 3 is 2.63 bits per heavy atom. The zero-order chi connectivity index (χ0) is 19.4. The molecule has 0 bridgehead atoms. The van der Waals surface area contributed by atoms with E-state index in [2.05, 4.69) is 9.97 Å². The zero-order valence-electron chi connectivity index (χ0n) is 16.2. The van der Waals surface area contributed by atoms with Crippen LogP contribution >= 0.6 is 0 Å². The fourth-order valence-electron chi connectivity index (χ4n) is 3.55. The van der Waals surface area contributed by atoms with Crippen molar-refractivity contribution in [2.45, 2.75) is 26.2 Å². The lowest BCUT2D eigenvalue weighted by Gasteiger charge is -2.33. The lowest BCUT2D eigenvalue weighted by atomic mass is 9.92. The van der Waals surface area contributed by atoms with Crippen LogP contribution in [0.1, 0.15) is 45.2 Å². The van der Waals surface area contributed by atoms with E-state index in [0.717, 1.165) is 37.1 Å². The highest BCUT2D eigenvalue weighted by Gasteiger charge is 2.25. The number of nitrogens with zero attached hydrogens (tertiary/aromatic N) is 4. The molecular weight excluding hydrogens is 340 g/mol. The summed E-state index contributed by atoms with van der Waals surface area (Å²) < 4.78 is 0. The molecule has 6 heteroatoms. The molecule has 27 heavy (non-hydrogen) atoms. The van der Waals surface area contributed by atoms with Gasteiger partial charge in [0.05, 0.1) is 0 Å². The first-order chi connectivity index (χ1) is 12.9. The molecule has 1 aliphatic heterocycles. The molecule has 6 nitrogen and oxygen atoms in total. The predicted octanol–water partition coefficient (Wildman–Crippen LogP) is 2.58. The molecule has 0 radical (unpaired) electrons. The lowest BCUT2D eigenvalue weighted by Crippen LogP contribution is -2.40. The van der Waals surface area contributed by atoms with E-state index in [1.54, 1.807) is 20.2 Å². The number of aromatic nitrogens is 2. The van der Waals surface area contributed by atoms with Crippen LogP contribution in [0.15, 0.2) is 36.4 Å². The number of likely N-dealkylation sites (tertiary alicyclic amines) is 1. The van der Waals surface area contributed by atoms with E-state index < -0.39 is 0 Å². The maximum Gasteiger partial charge on any atom is 0.272 e. The minimum absolute atomic E-state index is 0.0858. The lowest BCUT2D eigenvalue weighted by molar-refractivity contribution is 0.0672. The summed E-state index contributed by atoms with van der Waals surface area (Å²) in [4.78, 5) is 37.2. The van der Waals surface area contributed by atoms with Gasteiger partial charge in [-0.25, -0.2) is 9.97 Å². The molecule has 2 amide bonds. The highest BCUT2D eigenvalue weighted by atomic mass is 16.2. The van der Waals surface area contributed by atoms with Crippen LogP contribution in [0.4, 0.5) is 0 Å². The minimum Gasteiger partial charge on any atom is -0.343 e. The van der Waals surface area contributed by atoms with Crippen LogP contribution in [-0.2, 0) is 6.42 Å². The van der Waals surface area contributed by atoms with Crippen molar-refractivity contribution < 1.29 is 9.59 Å². The maximum absolute atomic E-state index is 12.7.